The Balaban J connectivity index is 1.93. The largest absolute Gasteiger partial charge is 0.435 e. The first kappa shape index (κ1) is 19.0. The zero-order valence-corrected chi connectivity index (χ0v) is 15.6. The number of halogens is 3. The smallest absolute Gasteiger partial charge is 0.227 e. The van der Waals surface area contributed by atoms with Gasteiger partial charge in [-0.05, 0) is 18.2 Å². The van der Waals surface area contributed by atoms with Gasteiger partial charge in [0.25, 0.3) is 0 Å². The molecule has 0 amide bonds. The first-order valence-electron chi connectivity index (χ1n) is 8.22. The summed E-state index contributed by atoms with van der Waals surface area (Å²) in [4.78, 5) is 12.2. The normalized spacial score (nSPS) is 12.6. The maximum absolute atomic E-state index is 12.9. The number of sulfone groups is 1. The number of alkyl halides is 3. The van der Waals surface area contributed by atoms with Crippen LogP contribution < -0.4 is 0 Å². The van der Waals surface area contributed by atoms with E-state index in [0.717, 1.165) is 10.6 Å². The third-order valence-electron chi connectivity index (χ3n) is 4.07. The lowest BCUT2D eigenvalue weighted by Gasteiger charge is -2.10. The van der Waals surface area contributed by atoms with E-state index < -0.39 is 21.7 Å². The summed E-state index contributed by atoms with van der Waals surface area (Å²) in [5, 5.41) is 7.38. The second-order valence-corrected chi connectivity index (χ2v) is 8.15. The number of aromatic nitrogens is 7. The quantitative estimate of drug-likeness (QED) is 0.495. The third-order valence-corrected chi connectivity index (χ3v) is 5.83. The molecule has 4 aromatic heterocycles. The molecule has 0 N–H and O–H groups in total. The molecule has 29 heavy (non-hydrogen) atoms. The minimum atomic E-state index is -4.63. The first-order chi connectivity index (χ1) is 13.7. The lowest BCUT2D eigenvalue weighted by molar-refractivity contribution is -0.141. The zero-order valence-electron chi connectivity index (χ0n) is 14.7. The van der Waals surface area contributed by atoms with Gasteiger partial charge in [-0.25, -0.2) is 32.6 Å². The van der Waals surface area contributed by atoms with E-state index in [0.29, 0.717) is 0 Å². The van der Waals surface area contributed by atoms with Crippen molar-refractivity contribution in [3.8, 4) is 17.2 Å². The molecule has 0 unspecified atom stereocenters. The predicted molar refractivity (Wildman–Crippen MR) is 93.9 cm³/mol. The van der Waals surface area contributed by atoms with Crippen molar-refractivity contribution in [2.24, 2.45) is 0 Å². The van der Waals surface area contributed by atoms with E-state index in [1.807, 2.05) is 0 Å². The van der Waals surface area contributed by atoms with Crippen LogP contribution in [0.4, 0.5) is 13.2 Å². The molecule has 0 fully saturated rings. The zero-order chi connectivity index (χ0) is 20.8. The van der Waals surface area contributed by atoms with Gasteiger partial charge in [-0.2, -0.15) is 23.4 Å². The highest BCUT2D eigenvalue weighted by Gasteiger charge is 2.34. The van der Waals surface area contributed by atoms with Crippen LogP contribution in [0, 0.1) is 0 Å². The number of nitrogens with zero attached hydrogens (tertiary/aromatic N) is 7. The average Bonchev–Trinajstić information content (AvgIpc) is 3.36. The van der Waals surface area contributed by atoms with Crippen molar-refractivity contribution in [3.05, 3.63) is 48.8 Å². The van der Waals surface area contributed by atoms with Gasteiger partial charge >= 0.3 is 6.18 Å². The second kappa shape index (κ2) is 6.62. The number of rotatable bonds is 4. The molecule has 0 saturated carbocycles. The lowest BCUT2D eigenvalue weighted by atomic mass is 10.2. The van der Waals surface area contributed by atoms with Gasteiger partial charge in [0.2, 0.25) is 0 Å². The molecule has 4 aromatic rings. The molecule has 4 rings (SSSR count). The summed E-state index contributed by atoms with van der Waals surface area (Å²) in [6.07, 6.45) is -0.703. The van der Waals surface area contributed by atoms with E-state index >= 15 is 0 Å². The molecule has 0 spiro atoms. The van der Waals surface area contributed by atoms with Crippen LogP contribution >= 0.6 is 0 Å². The van der Waals surface area contributed by atoms with Crippen molar-refractivity contribution >= 4 is 15.5 Å². The minimum absolute atomic E-state index is 0.00268. The van der Waals surface area contributed by atoms with Gasteiger partial charge in [0.15, 0.2) is 27.0 Å². The van der Waals surface area contributed by atoms with Crippen LogP contribution in [0.5, 0.6) is 0 Å². The summed E-state index contributed by atoms with van der Waals surface area (Å²) in [6.45, 7) is 1.48. The summed E-state index contributed by atoms with van der Waals surface area (Å²) in [5.41, 5.74) is -1.12. The standard InChI is InChI=1S/C16H12F3N7O2S/c1-2-29(27,28)11-3-4-13(26-9-20-8-21-26)23-15(11)10-5-6-25-14(22-10)7-12(24-25)16(17,18)19/h3-9H,2H2,1H3. The van der Waals surface area contributed by atoms with E-state index in [9.17, 15) is 21.6 Å². The van der Waals surface area contributed by atoms with Crippen molar-refractivity contribution in [1.29, 1.82) is 0 Å². The molecular formula is C16H12F3N7O2S. The van der Waals surface area contributed by atoms with Gasteiger partial charge in [0.05, 0.1) is 16.3 Å². The second-order valence-electron chi connectivity index (χ2n) is 5.90. The molecule has 150 valence electrons. The molecule has 0 aliphatic rings. The van der Waals surface area contributed by atoms with Gasteiger partial charge in [0, 0.05) is 12.3 Å². The molecule has 0 atom stereocenters. The molecule has 9 nitrogen and oxygen atoms in total. The number of hydrogen-bond donors (Lipinski definition) is 0. The molecule has 4 heterocycles. The van der Waals surface area contributed by atoms with Crippen LogP contribution in [0.2, 0.25) is 0 Å². The van der Waals surface area contributed by atoms with Crippen molar-refractivity contribution in [1.82, 2.24) is 34.3 Å². The molecule has 0 aromatic carbocycles. The van der Waals surface area contributed by atoms with Crippen LogP contribution in [0.15, 0.2) is 48.0 Å². The van der Waals surface area contributed by atoms with Crippen molar-refractivity contribution in [3.63, 3.8) is 0 Å². The molecular weight excluding hydrogens is 411 g/mol. The Morgan fingerprint density at radius 2 is 1.93 bits per heavy atom. The van der Waals surface area contributed by atoms with E-state index in [2.05, 4.69) is 25.1 Å². The van der Waals surface area contributed by atoms with E-state index in [4.69, 9.17) is 0 Å². The highest BCUT2D eigenvalue weighted by Crippen LogP contribution is 2.30. The Morgan fingerprint density at radius 1 is 1.14 bits per heavy atom. The van der Waals surface area contributed by atoms with Gasteiger partial charge in [0.1, 0.15) is 18.3 Å². The minimum Gasteiger partial charge on any atom is -0.227 e. The van der Waals surface area contributed by atoms with Gasteiger partial charge in [-0.3, -0.25) is 0 Å². The van der Waals surface area contributed by atoms with Gasteiger partial charge in [-0.1, -0.05) is 6.92 Å². The fraction of sp³-hybridized carbons (Fsp3) is 0.188. The van der Waals surface area contributed by atoms with Crippen molar-refractivity contribution in [2.45, 2.75) is 18.0 Å². The molecule has 0 aliphatic heterocycles. The lowest BCUT2D eigenvalue weighted by Crippen LogP contribution is -2.10. The van der Waals surface area contributed by atoms with Crippen LogP contribution in [-0.4, -0.2) is 48.5 Å². The number of hydrogen-bond acceptors (Lipinski definition) is 7. The van der Waals surface area contributed by atoms with Crippen LogP contribution in [0.3, 0.4) is 0 Å². The summed E-state index contributed by atoms with van der Waals surface area (Å²) < 4.78 is 66.1. The Labute approximate surface area is 161 Å². The van der Waals surface area contributed by atoms with Gasteiger partial charge < -0.3 is 0 Å². The molecule has 0 bridgehead atoms. The summed E-state index contributed by atoms with van der Waals surface area (Å²) in [6, 6.07) is 4.95. The van der Waals surface area contributed by atoms with Crippen LogP contribution in [-0.2, 0) is 16.0 Å². The van der Waals surface area contributed by atoms with Crippen molar-refractivity contribution < 1.29 is 21.6 Å². The third kappa shape index (κ3) is 3.44. The molecule has 0 saturated heterocycles. The van der Waals surface area contributed by atoms with E-state index in [-0.39, 0.29) is 33.5 Å². The maximum atomic E-state index is 12.9. The highest BCUT2D eigenvalue weighted by atomic mass is 32.2. The van der Waals surface area contributed by atoms with E-state index in [1.54, 1.807) is 0 Å². The SMILES string of the molecule is CCS(=O)(=O)c1ccc(-n2cncn2)nc1-c1ccn2nc(C(F)(F)F)cc2n1. The predicted octanol–water partition coefficient (Wildman–Crippen LogP) is 2.18. The monoisotopic (exact) mass is 423 g/mol. The Bertz CT molecular complexity index is 1300. The Hall–Kier alpha value is -3.35. The van der Waals surface area contributed by atoms with Crippen molar-refractivity contribution in [2.75, 3.05) is 5.75 Å². The summed E-state index contributed by atoms with van der Waals surface area (Å²) in [7, 11) is -3.68. The fourth-order valence-electron chi connectivity index (χ4n) is 2.63. The summed E-state index contributed by atoms with van der Waals surface area (Å²) >= 11 is 0. The fourth-order valence-corrected chi connectivity index (χ4v) is 3.66. The number of fused-ring (bicyclic) bond motifs is 1. The topological polar surface area (TPSA) is 108 Å². The average molecular weight is 423 g/mol. The molecule has 0 radical (unpaired) electrons. The molecule has 0 aliphatic carbocycles. The van der Waals surface area contributed by atoms with Crippen LogP contribution in [0.25, 0.3) is 22.9 Å². The van der Waals surface area contributed by atoms with E-state index in [1.165, 1.54) is 48.7 Å². The molecule has 13 heteroatoms. The maximum Gasteiger partial charge on any atom is 0.435 e. The first-order valence-corrected chi connectivity index (χ1v) is 9.87. The summed E-state index contributed by atoms with van der Waals surface area (Å²) in [5.74, 6) is 0.0936. The van der Waals surface area contributed by atoms with Gasteiger partial charge in [-0.15, -0.1) is 0 Å². The highest BCUT2D eigenvalue weighted by molar-refractivity contribution is 7.91. The van der Waals surface area contributed by atoms with Crippen LogP contribution in [0.1, 0.15) is 12.6 Å². The Morgan fingerprint density at radius 3 is 2.59 bits per heavy atom. The number of pyridine rings is 1. The Kier molecular flexibility index (Phi) is 4.33.